The molecule has 14 nitrogen and oxygen atoms in total. The van der Waals surface area contributed by atoms with Gasteiger partial charge < -0.3 is 37.9 Å². The number of hydrogen-bond acceptors (Lipinski definition) is 14. The lowest BCUT2D eigenvalue weighted by Crippen LogP contribution is -2.70. The second-order valence-electron chi connectivity index (χ2n) is 18.8. The zero-order chi connectivity index (χ0) is 50.4. The van der Waals surface area contributed by atoms with Crippen LogP contribution in [-0.2, 0) is 9.84 Å². The van der Waals surface area contributed by atoms with Gasteiger partial charge in [0.1, 0.15) is 68.2 Å². The van der Waals surface area contributed by atoms with Crippen molar-refractivity contribution in [3.63, 3.8) is 0 Å². The van der Waals surface area contributed by atoms with Crippen LogP contribution in [0.1, 0.15) is 110 Å². The summed E-state index contributed by atoms with van der Waals surface area (Å²) >= 11 is 0. The molecule has 15 heteroatoms. The first kappa shape index (κ1) is 53.5. The van der Waals surface area contributed by atoms with Crippen LogP contribution < -0.4 is 37.9 Å². The van der Waals surface area contributed by atoms with Crippen LogP contribution in [-0.4, -0.2) is 97.9 Å². The fourth-order valence-corrected chi connectivity index (χ4v) is 12.7. The second-order valence-corrected chi connectivity index (χ2v) is 21.1. The van der Waals surface area contributed by atoms with E-state index in [9.17, 15) is 0 Å². The van der Waals surface area contributed by atoms with Crippen LogP contribution >= 0.6 is 0 Å². The van der Waals surface area contributed by atoms with Gasteiger partial charge in [0.05, 0.1) is 56.9 Å². The predicted octanol–water partition coefficient (Wildman–Crippen LogP) is 9.62. The molecule has 0 saturated carbocycles. The minimum Gasteiger partial charge on any atom is -0.496 e. The van der Waals surface area contributed by atoms with Gasteiger partial charge in [0.15, 0.2) is 33.0 Å². The van der Waals surface area contributed by atoms with Crippen LogP contribution in [0, 0.1) is 22.7 Å². The number of hydrogen-bond donors (Lipinski definition) is 0. The van der Waals surface area contributed by atoms with Gasteiger partial charge in [-0.2, -0.15) is 0 Å². The SMILES string of the molecule is COc1cccc(OC)c1C(=O)C(C(=O)c1c(OC)cccc1OC)(C(C)CC(C)(C)C)S(=O)(=O)C(C(=O)c1c(OC)cccc1OC)(C(=O)c1c(OC)cccc1OC)C(C)CC(C)(C)C. The van der Waals surface area contributed by atoms with Crippen molar-refractivity contribution in [1.29, 1.82) is 0 Å². The fourth-order valence-electron chi connectivity index (χ4n) is 9.54. The molecule has 0 heterocycles. The molecule has 0 aliphatic rings. The molecule has 4 aromatic rings. The Morgan fingerprint density at radius 2 is 0.552 bits per heavy atom. The van der Waals surface area contributed by atoms with Crippen LogP contribution in [0.25, 0.3) is 0 Å². The molecule has 0 saturated heterocycles. The van der Waals surface area contributed by atoms with Gasteiger partial charge in [-0.25, -0.2) is 8.42 Å². The van der Waals surface area contributed by atoms with Gasteiger partial charge in [-0.15, -0.1) is 0 Å². The molecule has 0 N–H and O–H groups in total. The number of rotatable bonds is 22. The summed E-state index contributed by atoms with van der Waals surface area (Å²) in [5.41, 5.74) is -3.41. The van der Waals surface area contributed by atoms with E-state index in [1.165, 1.54) is 144 Å². The van der Waals surface area contributed by atoms with Crippen molar-refractivity contribution in [1.82, 2.24) is 0 Å². The summed E-state index contributed by atoms with van der Waals surface area (Å²) < 4.78 is 75.2. The fraction of sp³-hybridized carbons (Fsp3) is 0.462. The van der Waals surface area contributed by atoms with Crippen molar-refractivity contribution >= 4 is 33.0 Å². The number of ketones is 4. The van der Waals surface area contributed by atoms with E-state index in [4.69, 9.17) is 37.9 Å². The normalized spacial score (nSPS) is 13.1. The molecular formula is C52H66O14S. The zero-order valence-corrected chi connectivity index (χ0v) is 42.4. The second kappa shape index (κ2) is 20.8. The van der Waals surface area contributed by atoms with Crippen LogP contribution in [0.15, 0.2) is 72.8 Å². The van der Waals surface area contributed by atoms with Crippen LogP contribution in [0.3, 0.4) is 0 Å². The van der Waals surface area contributed by atoms with E-state index in [-0.39, 0.29) is 58.8 Å². The first-order valence-electron chi connectivity index (χ1n) is 21.7. The summed E-state index contributed by atoms with van der Waals surface area (Å²) in [5, 5.41) is 0. The maximum Gasteiger partial charge on any atom is 0.202 e. The van der Waals surface area contributed by atoms with Crippen molar-refractivity contribution < 1.29 is 65.5 Å². The molecule has 0 aliphatic heterocycles. The number of benzene rings is 4. The lowest BCUT2D eigenvalue weighted by Gasteiger charge is -2.47. The minimum atomic E-state index is -6.16. The minimum absolute atomic E-state index is 0.152. The summed E-state index contributed by atoms with van der Waals surface area (Å²) in [5.74, 6) is -9.77. The van der Waals surface area contributed by atoms with E-state index >= 15 is 27.6 Å². The Balaban J connectivity index is 2.63. The van der Waals surface area contributed by atoms with E-state index in [0.717, 1.165) is 0 Å². The quantitative estimate of drug-likeness (QED) is 0.0538. The predicted molar refractivity (Wildman–Crippen MR) is 256 cm³/mol. The summed E-state index contributed by atoms with van der Waals surface area (Å²) in [4.78, 5) is 67.3. The molecule has 4 rings (SSSR count). The highest BCUT2D eigenvalue weighted by Gasteiger charge is 2.75. The first-order valence-corrected chi connectivity index (χ1v) is 23.2. The van der Waals surface area contributed by atoms with Crippen molar-refractivity contribution in [2.75, 3.05) is 56.9 Å². The molecule has 2 atom stereocenters. The first-order chi connectivity index (χ1) is 31.4. The highest BCUT2D eigenvalue weighted by atomic mass is 32.2. The molecule has 0 amide bonds. The van der Waals surface area contributed by atoms with E-state index in [1.54, 1.807) is 0 Å². The molecule has 0 aromatic heterocycles. The van der Waals surface area contributed by atoms with Crippen LogP contribution in [0.2, 0.25) is 0 Å². The van der Waals surface area contributed by atoms with Crippen molar-refractivity contribution in [3.05, 3.63) is 95.1 Å². The lowest BCUT2D eigenvalue weighted by atomic mass is 9.72. The molecular weight excluding hydrogens is 881 g/mol. The van der Waals surface area contributed by atoms with Gasteiger partial charge in [-0.1, -0.05) is 79.7 Å². The highest BCUT2D eigenvalue weighted by molar-refractivity contribution is 7.97. The molecule has 67 heavy (non-hydrogen) atoms. The molecule has 4 aromatic carbocycles. The average Bonchev–Trinajstić information content (AvgIpc) is 3.28. The Hall–Kier alpha value is -6.09. The standard InChI is InChI=1S/C52H66O14S/c1-31(29-49(3,4)5)51(45(53)41-33(59-9)21-17-22-34(41)60-10,46(54)42-35(61-11)23-18-24-36(42)62-12)67(57,58)52(32(2)30-50(6,7)8,47(55)43-37(63-13)25-19-26-38(43)64-14)48(56)44-39(65-15)27-20-28-40(44)66-16/h17-28,31-32H,29-30H2,1-16H3. The number of sulfone groups is 1. The van der Waals surface area contributed by atoms with Gasteiger partial charge in [-0.3, -0.25) is 19.2 Å². The van der Waals surface area contributed by atoms with Gasteiger partial charge in [0.2, 0.25) is 9.49 Å². The Morgan fingerprint density at radius 1 is 0.388 bits per heavy atom. The van der Waals surface area contributed by atoms with Gasteiger partial charge in [0, 0.05) is 0 Å². The van der Waals surface area contributed by atoms with Crippen molar-refractivity contribution in [3.8, 4) is 46.0 Å². The van der Waals surface area contributed by atoms with Gasteiger partial charge in [0.25, 0.3) is 0 Å². The monoisotopic (exact) mass is 946 g/mol. The molecule has 2 unspecified atom stereocenters. The Bertz CT molecular complexity index is 2190. The molecule has 0 aliphatic carbocycles. The van der Waals surface area contributed by atoms with Crippen LogP contribution in [0.5, 0.6) is 46.0 Å². The molecule has 0 radical (unpaired) electrons. The zero-order valence-electron chi connectivity index (χ0n) is 41.6. The van der Waals surface area contributed by atoms with Crippen molar-refractivity contribution in [2.45, 2.75) is 77.7 Å². The Labute approximate surface area is 395 Å². The third-order valence-corrected chi connectivity index (χ3v) is 15.3. The number of ether oxygens (including phenoxy) is 8. The third-order valence-electron chi connectivity index (χ3n) is 12.0. The van der Waals surface area contributed by atoms with Crippen LogP contribution in [0.4, 0.5) is 0 Å². The molecule has 0 bridgehead atoms. The third kappa shape index (κ3) is 9.44. The summed E-state index contributed by atoms with van der Waals surface area (Å²) in [6.45, 7) is 13.8. The molecule has 0 spiro atoms. The average molecular weight is 947 g/mol. The molecule has 0 fully saturated rings. The van der Waals surface area contributed by atoms with E-state index < -0.39 is 87.4 Å². The van der Waals surface area contributed by atoms with Gasteiger partial charge >= 0.3 is 0 Å². The number of carbonyl (C=O) groups excluding carboxylic acids is 4. The van der Waals surface area contributed by atoms with Gasteiger partial charge in [-0.05, 0) is 84.0 Å². The highest BCUT2D eigenvalue weighted by Crippen LogP contribution is 2.55. The van der Waals surface area contributed by atoms with E-state index in [0.29, 0.717) is 0 Å². The topological polar surface area (TPSA) is 176 Å². The van der Waals surface area contributed by atoms with E-state index in [1.807, 2.05) is 41.5 Å². The van der Waals surface area contributed by atoms with Crippen molar-refractivity contribution in [2.24, 2.45) is 22.7 Å². The summed E-state index contributed by atoms with van der Waals surface area (Å²) in [6, 6.07) is 17.4. The maximum absolute atomic E-state index is 18.0. The Kier molecular flexibility index (Phi) is 16.6. The number of Topliss-reactive ketones (excluding diaryl/α,β-unsaturated/α-hetero) is 4. The smallest absolute Gasteiger partial charge is 0.202 e. The molecule has 364 valence electrons. The number of carbonyl (C=O) groups is 4. The van der Waals surface area contributed by atoms with E-state index in [2.05, 4.69) is 0 Å². The summed E-state index contributed by atoms with van der Waals surface area (Å²) in [6.07, 6.45) is -0.304. The number of methoxy groups -OCH3 is 8. The lowest BCUT2D eigenvalue weighted by molar-refractivity contribution is 0.0733. The largest absolute Gasteiger partial charge is 0.496 e. The Morgan fingerprint density at radius 3 is 0.687 bits per heavy atom. The maximum atomic E-state index is 18.0. The summed E-state index contributed by atoms with van der Waals surface area (Å²) in [7, 11) is 4.03.